The number of rotatable bonds is 3. The summed E-state index contributed by atoms with van der Waals surface area (Å²) in [6.07, 6.45) is 0. The second kappa shape index (κ2) is 5.43. The second-order valence-electron chi connectivity index (χ2n) is 6.54. The second-order valence-corrected chi connectivity index (χ2v) is 6.54. The molecule has 0 spiro atoms. The number of amides is 3. The van der Waals surface area contributed by atoms with Crippen LogP contribution in [0.4, 0.5) is 4.79 Å². The first-order chi connectivity index (χ1) is 10.8. The van der Waals surface area contributed by atoms with E-state index in [1.807, 2.05) is 32.3 Å². The fourth-order valence-corrected chi connectivity index (χ4v) is 3.15. The molecule has 0 bridgehead atoms. The number of fused-ring (bicyclic) bond motifs is 2. The van der Waals surface area contributed by atoms with E-state index in [1.54, 1.807) is 12.1 Å². The van der Waals surface area contributed by atoms with Crippen LogP contribution >= 0.6 is 0 Å². The highest BCUT2D eigenvalue weighted by Crippen LogP contribution is 2.23. The van der Waals surface area contributed by atoms with E-state index in [4.69, 9.17) is 0 Å². The molecule has 1 atom stereocenters. The van der Waals surface area contributed by atoms with Crippen molar-refractivity contribution in [2.45, 2.75) is 33.7 Å². The monoisotopic (exact) mass is 319 g/mol. The summed E-state index contributed by atoms with van der Waals surface area (Å²) in [6.45, 7) is 9.53. The van der Waals surface area contributed by atoms with Crippen LogP contribution in [0.25, 0.3) is 0 Å². The first-order valence-electron chi connectivity index (χ1n) is 7.98. The van der Waals surface area contributed by atoms with E-state index < -0.39 is 6.04 Å². The minimum atomic E-state index is -0.536. The molecule has 3 aliphatic rings. The third-order valence-corrected chi connectivity index (χ3v) is 4.16. The van der Waals surface area contributed by atoms with E-state index >= 15 is 0 Å². The Kier molecular flexibility index (Phi) is 3.69. The number of aliphatic imine (C=N–C) groups is 1. The maximum Gasteiger partial charge on any atom is 0.416 e. The number of urea groups is 1. The van der Waals surface area contributed by atoms with Crippen LogP contribution in [0.15, 0.2) is 10.1 Å². The zero-order valence-corrected chi connectivity index (χ0v) is 14.3. The molecule has 124 valence electrons. The van der Waals surface area contributed by atoms with E-state index in [0.29, 0.717) is 31.4 Å². The molecule has 3 amide bonds. The molecule has 23 heavy (non-hydrogen) atoms. The molecular formula is C15H23N6O2+. The molecule has 1 unspecified atom stereocenters. The van der Waals surface area contributed by atoms with E-state index in [1.165, 1.54) is 9.80 Å². The van der Waals surface area contributed by atoms with Gasteiger partial charge in [-0.05, 0) is 19.8 Å². The molecule has 3 rings (SSSR count). The standard InChI is InChI=1S/C15H23N6O2/c1-6-21-14-16-12-11(19(14)8-10(4)17-21)13(22)20(7-9(2)3)15(23)18(12)5/h9,11H,6-8H2,1-5H3/q+1. The molecule has 0 aromatic carbocycles. The van der Waals surface area contributed by atoms with Gasteiger partial charge in [-0.25, -0.2) is 9.37 Å². The van der Waals surface area contributed by atoms with Crippen molar-refractivity contribution < 1.29 is 14.2 Å². The number of hydrogen-bond donors (Lipinski definition) is 0. The zero-order valence-electron chi connectivity index (χ0n) is 14.3. The van der Waals surface area contributed by atoms with Crippen LogP contribution in [0.3, 0.4) is 0 Å². The summed E-state index contributed by atoms with van der Waals surface area (Å²) >= 11 is 0. The van der Waals surface area contributed by atoms with Crippen LogP contribution in [-0.4, -0.2) is 81.6 Å². The number of nitrogens with zero attached hydrogens (tertiary/aromatic N) is 6. The van der Waals surface area contributed by atoms with Gasteiger partial charge in [0.25, 0.3) is 5.91 Å². The summed E-state index contributed by atoms with van der Waals surface area (Å²) in [5, 5.41) is 6.25. The van der Waals surface area contributed by atoms with Crippen molar-refractivity contribution in [1.82, 2.24) is 14.8 Å². The van der Waals surface area contributed by atoms with Gasteiger partial charge in [-0.1, -0.05) is 18.8 Å². The third-order valence-electron chi connectivity index (χ3n) is 4.16. The first kappa shape index (κ1) is 15.6. The summed E-state index contributed by atoms with van der Waals surface area (Å²) in [6, 6.07) is -0.842. The van der Waals surface area contributed by atoms with E-state index in [0.717, 1.165) is 5.71 Å². The number of amidine groups is 1. The minimum Gasteiger partial charge on any atom is -0.270 e. The number of guanidine groups is 1. The number of carbonyl (C=O) groups excluding carboxylic acids is 2. The SMILES string of the molecule is CCN1N=C(C)C[N+]2=C1N=C1C2C(=O)N(CC(C)C)C(=O)N1C. The highest BCUT2D eigenvalue weighted by molar-refractivity contribution is 6.23. The molecule has 0 aromatic rings. The lowest BCUT2D eigenvalue weighted by atomic mass is 10.1. The molecule has 0 aliphatic carbocycles. The average Bonchev–Trinajstić information content (AvgIpc) is 2.87. The fourth-order valence-electron chi connectivity index (χ4n) is 3.15. The third kappa shape index (κ3) is 2.32. The number of imide groups is 1. The van der Waals surface area contributed by atoms with Crippen molar-refractivity contribution in [3.63, 3.8) is 0 Å². The summed E-state index contributed by atoms with van der Waals surface area (Å²) < 4.78 is 1.94. The smallest absolute Gasteiger partial charge is 0.270 e. The topological polar surface area (TPSA) is 71.6 Å². The Labute approximate surface area is 135 Å². The molecule has 0 saturated carbocycles. The van der Waals surface area contributed by atoms with Crippen LogP contribution in [0, 0.1) is 5.92 Å². The van der Waals surface area contributed by atoms with E-state index in [9.17, 15) is 9.59 Å². The first-order valence-corrected chi connectivity index (χ1v) is 7.98. The summed E-state index contributed by atoms with van der Waals surface area (Å²) in [5.74, 6) is 1.17. The van der Waals surface area contributed by atoms with Crippen molar-refractivity contribution in [3.05, 3.63) is 0 Å². The largest absolute Gasteiger partial charge is 0.416 e. The Balaban J connectivity index is 2.01. The molecule has 1 fully saturated rings. The van der Waals surface area contributed by atoms with Gasteiger partial charge in [0.2, 0.25) is 11.9 Å². The predicted molar refractivity (Wildman–Crippen MR) is 86.6 cm³/mol. The van der Waals surface area contributed by atoms with Gasteiger partial charge in [0.05, 0.1) is 12.3 Å². The van der Waals surface area contributed by atoms with Crippen LogP contribution in [0.2, 0.25) is 0 Å². The van der Waals surface area contributed by atoms with Crippen LogP contribution in [0.5, 0.6) is 0 Å². The maximum absolute atomic E-state index is 12.9. The molecule has 1 saturated heterocycles. The van der Waals surface area contributed by atoms with Crippen molar-refractivity contribution in [1.29, 1.82) is 0 Å². The van der Waals surface area contributed by atoms with Gasteiger partial charge in [0.15, 0.2) is 0 Å². The van der Waals surface area contributed by atoms with Gasteiger partial charge in [-0.3, -0.25) is 14.6 Å². The summed E-state index contributed by atoms with van der Waals surface area (Å²) in [5.41, 5.74) is 0.926. The zero-order chi connectivity index (χ0) is 16.9. The lowest BCUT2D eigenvalue weighted by Gasteiger charge is -2.35. The van der Waals surface area contributed by atoms with Crippen LogP contribution < -0.4 is 0 Å². The van der Waals surface area contributed by atoms with Gasteiger partial charge < -0.3 is 0 Å². The maximum atomic E-state index is 12.9. The Morgan fingerprint density at radius 2 is 2.04 bits per heavy atom. The predicted octanol–water partition coefficient (Wildman–Crippen LogP) is 0.397. The van der Waals surface area contributed by atoms with Gasteiger partial charge in [-0.2, -0.15) is 0 Å². The van der Waals surface area contributed by atoms with Gasteiger partial charge >= 0.3 is 12.0 Å². The van der Waals surface area contributed by atoms with Crippen molar-refractivity contribution in [3.8, 4) is 0 Å². The van der Waals surface area contributed by atoms with Crippen molar-refractivity contribution >= 4 is 29.4 Å². The van der Waals surface area contributed by atoms with E-state index in [2.05, 4.69) is 10.1 Å². The summed E-state index contributed by atoms with van der Waals surface area (Å²) in [7, 11) is 1.68. The fraction of sp³-hybridized carbons (Fsp3) is 0.667. The molecule has 0 aromatic heterocycles. The lowest BCUT2D eigenvalue weighted by molar-refractivity contribution is -0.527. The Morgan fingerprint density at radius 1 is 1.35 bits per heavy atom. The van der Waals surface area contributed by atoms with Crippen LogP contribution in [0.1, 0.15) is 27.7 Å². The molecule has 0 N–H and O–H groups in total. The molecule has 0 radical (unpaired) electrons. The molecule has 8 nitrogen and oxygen atoms in total. The molecule has 3 aliphatic heterocycles. The minimum absolute atomic E-state index is 0.193. The van der Waals surface area contributed by atoms with Gasteiger partial charge in [0.1, 0.15) is 6.54 Å². The summed E-state index contributed by atoms with van der Waals surface area (Å²) in [4.78, 5) is 32.8. The number of likely N-dealkylation sites (N-methyl/N-ethyl adjacent to an activating group) is 1. The average molecular weight is 319 g/mol. The van der Waals surface area contributed by atoms with Crippen molar-refractivity contribution in [2.75, 3.05) is 26.7 Å². The lowest BCUT2D eigenvalue weighted by Crippen LogP contribution is -2.63. The molecule has 3 heterocycles. The number of hydrazone groups is 1. The Hall–Kier alpha value is -2.25. The van der Waals surface area contributed by atoms with Crippen LogP contribution in [-0.2, 0) is 4.79 Å². The van der Waals surface area contributed by atoms with Gasteiger partial charge in [-0.15, -0.1) is 10.1 Å². The Morgan fingerprint density at radius 3 is 2.65 bits per heavy atom. The number of carbonyl (C=O) groups is 2. The number of hydrogen-bond acceptors (Lipinski definition) is 5. The normalized spacial score (nSPS) is 24.3. The Bertz CT molecular complexity index is 663. The van der Waals surface area contributed by atoms with E-state index in [-0.39, 0.29) is 17.9 Å². The van der Waals surface area contributed by atoms with Crippen molar-refractivity contribution in [2.24, 2.45) is 16.0 Å². The molecule has 8 heteroatoms. The van der Waals surface area contributed by atoms with Gasteiger partial charge in [0, 0.05) is 13.6 Å². The highest BCUT2D eigenvalue weighted by Gasteiger charge is 2.54. The molecular weight excluding hydrogens is 296 g/mol. The highest BCUT2D eigenvalue weighted by atomic mass is 16.2. The quantitative estimate of drug-likeness (QED) is 0.707.